The second-order valence-electron chi connectivity index (χ2n) is 5.21. The molecule has 0 unspecified atom stereocenters. The van der Waals surface area contributed by atoms with Crippen LogP contribution in [-0.4, -0.2) is 27.7 Å². The fraction of sp³-hybridized carbons (Fsp3) is 0.0625. The second-order valence-corrected chi connectivity index (χ2v) is 5.57. The molecule has 0 radical (unpaired) electrons. The van der Waals surface area contributed by atoms with Crippen molar-refractivity contribution >= 4 is 34.3 Å². The number of halogens is 4. The van der Waals surface area contributed by atoms with Crippen LogP contribution >= 0.6 is 11.6 Å². The van der Waals surface area contributed by atoms with Crippen LogP contribution in [0.25, 0.3) is 16.7 Å². The molecule has 0 aliphatic rings. The van der Waals surface area contributed by atoms with Gasteiger partial charge in [-0.25, -0.2) is 22.9 Å². The monoisotopic (exact) mass is 383 g/mol. The quantitative estimate of drug-likeness (QED) is 0.679. The van der Waals surface area contributed by atoms with Crippen molar-refractivity contribution in [3.63, 3.8) is 0 Å². The Bertz CT molecular complexity index is 1130. The van der Waals surface area contributed by atoms with Crippen LogP contribution in [0.15, 0.2) is 29.2 Å². The van der Waals surface area contributed by atoms with Gasteiger partial charge >= 0.3 is 5.97 Å². The number of aromatic carboxylic acids is 1. The Balaban J connectivity index is 2.50. The van der Waals surface area contributed by atoms with Crippen LogP contribution in [0, 0.1) is 17.5 Å². The zero-order valence-corrected chi connectivity index (χ0v) is 13.7. The summed E-state index contributed by atoms with van der Waals surface area (Å²) in [6.07, 6.45) is 0.823. The van der Waals surface area contributed by atoms with Crippen molar-refractivity contribution in [1.29, 1.82) is 0 Å². The van der Waals surface area contributed by atoms with E-state index in [0.29, 0.717) is 6.07 Å². The van der Waals surface area contributed by atoms with Gasteiger partial charge in [0.2, 0.25) is 5.43 Å². The molecule has 0 saturated heterocycles. The lowest BCUT2D eigenvalue weighted by Crippen LogP contribution is -2.20. The number of aromatic nitrogens is 2. The topological polar surface area (TPSA) is 84.2 Å². The van der Waals surface area contributed by atoms with Crippen molar-refractivity contribution in [2.24, 2.45) is 0 Å². The van der Waals surface area contributed by atoms with Crippen molar-refractivity contribution < 1.29 is 23.1 Å². The van der Waals surface area contributed by atoms with Gasteiger partial charge in [0.05, 0.1) is 16.8 Å². The maximum absolute atomic E-state index is 14.3. The molecule has 0 aliphatic carbocycles. The summed E-state index contributed by atoms with van der Waals surface area (Å²) in [4.78, 5) is 27.3. The number of hydrogen-bond donors (Lipinski definition) is 2. The van der Waals surface area contributed by atoms with Gasteiger partial charge in [-0.15, -0.1) is 0 Å². The second kappa shape index (κ2) is 6.34. The Morgan fingerprint density at radius 1 is 1.19 bits per heavy atom. The molecule has 0 amide bonds. The normalized spacial score (nSPS) is 11.0. The van der Waals surface area contributed by atoms with E-state index in [-0.39, 0.29) is 17.0 Å². The highest BCUT2D eigenvalue weighted by Crippen LogP contribution is 2.26. The predicted molar refractivity (Wildman–Crippen MR) is 88.7 cm³/mol. The van der Waals surface area contributed by atoms with Gasteiger partial charge in [0.25, 0.3) is 0 Å². The zero-order chi connectivity index (χ0) is 19.2. The summed E-state index contributed by atoms with van der Waals surface area (Å²) < 4.78 is 42.7. The maximum atomic E-state index is 14.3. The molecule has 10 heteroatoms. The van der Waals surface area contributed by atoms with Crippen LogP contribution in [0.2, 0.25) is 5.15 Å². The van der Waals surface area contributed by atoms with E-state index in [1.54, 1.807) is 0 Å². The van der Waals surface area contributed by atoms with E-state index in [0.717, 1.165) is 22.9 Å². The number of rotatable bonds is 3. The van der Waals surface area contributed by atoms with Gasteiger partial charge in [-0.05, 0) is 12.1 Å². The molecule has 3 rings (SSSR count). The van der Waals surface area contributed by atoms with Crippen LogP contribution in [0.1, 0.15) is 10.4 Å². The first-order valence-electron chi connectivity index (χ1n) is 7.06. The Morgan fingerprint density at radius 3 is 2.50 bits per heavy atom. The third-order valence-electron chi connectivity index (χ3n) is 3.68. The van der Waals surface area contributed by atoms with Crippen LogP contribution < -0.4 is 10.7 Å². The van der Waals surface area contributed by atoms with E-state index < -0.39 is 45.0 Å². The van der Waals surface area contributed by atoms with E-state index in [2.05, 4.69) is 10.3 Å². The van der Waals surface area contributed by atoms with Gasteiger partial charge in [0.15, 0.2) is 16.6 Å². The summed E-state index contributed by atoms with van der Waals surface area (Å²) in [5.74, 6) is -4.57. The van der Waals surface area contributed by atoms with E-state index in [4.69, 9.17) is 11.6 Å². The molecule has 2 N–H and O–H groups in total. The zero-order valence-electron chi connectivity index (χ0n) is 13.0. The number of fused-ring (bicyclic) bond motifs is 1. The van der Waals surface area contributed by atoms with Crippen molar-refractivity contribution in [3.8, 4) is 5.69 Å². The Hall–Kier alpha value is -3.07. The number of benzene rings is 1. The minimum absolute atomic E-state index is 0.0849. The van der Waals surface area contributed by atoms with Crippen LogP contribution in [0.4, 0.5) is 18.9 Å². The highest BCUT2D eigenvalue weighted by molar-refractivity contribution is 6.29. The van der Waals surface area contributed by atoms with Gasteiger partial charge in [-0.3, -0.25) is 9.36 Å². The molecular weight excluding hydrogens is 375 g/mol. The van der Waals surface area contributed by atoms with Crippen LogP contribution in [0.3, 0.4) is 0 Å². The van der Waals surface area contributed by atoms with E-state index in [1.165, 1.54) is 7.05 Å². The maximum Gasteiger partial charge on any atom is 0.341 e. The number of nitrogens with zero attached hydrogens (tertiary/aromatic N) is 2. The van der Waals surface area contributed by atoms with Crippen molar-refractivity contribution in [3.05, 3.63) is 62.8 Å². The molecule has 1 aromatic carbocycles. The Kier molecular flexibility index (Phi) is 4.33. The lowest BCUT2D eigenvalue weighted by atomic mass is 10.1. The number of carboxylic acids is 1. The number of hydrogen-bond acceptors (Lipinski definition) is 4. The molecule has 2 aromatic heterocycles. The molecule has 0 atom stereocenters. The molecule has 0 saturated carbocycles. The fourth-order valence-electron chi connectivity index (χ4n) is 2.45. The predicted octanol–water partition coefficient (Wildman–Crippen LogP) is 3.20. The molecular formula is C16H9ClF3N3O3. The summed E-state index contributed by atoms with van der Waals surface area (Å²) in [7, 11) is 1.40. The minimum Gasteiger partial charge on any atom is -0.477 e. The number of nitrogens with one attached hydrogen (secondary N) is 1. The standard InChI is InChI=1S/C16H9ClF3N3O3/c1-21-11-4-12(9(19)3-8(11)18)23-5-7(16(25)26)13(24)6-2-10(20)14(17)22-15(6)23/h2-5,21H,1H3,(H,25,26). The molecule has 3 aromatic rings. The highest BCUT2D eigenvalue weighted by atomic mass is 35.5. The summed E-state index contributed by atoms with van der Waals surface area (Å²) in [5.41, 5.74) is -2.42. The lowest BCUT2D eigenvalue weighted by molar-refractivity contribution is 0.0695. The van der Waals surface area contributed by atoms with Gasteiger partial charge in [-0.2, -0.15) is 0 Å². The van der Waals surface area contributed by atoms with Gasteiger partial charge < -0.3 is 10.4 Å². The Labute approximate surface area is 148 Å². The highest BCUT2D eigenvalue weighted by Gasteiger charge is 2.20. The first-order valence-corrected chi connectivity index (χ1v) is 7.44. The first-order chi connectivity index (χ1) is 12.2. The van der Waals surface area contributed by atoms with Gasteiger partial charge in [0.1, 0.15) is 17.2 Å². The smallest absolute Gasteiger partial charge is 0.341 e. The molecule has 0 bridgehead atoms. The Morgan fingerprint density at radius 2 is 1.88 bits per heavy atom. The third kappa shape index (κ3) is 2.76. The van der Waals surface area contributed by atoms with E-state index in [1.807, 2.05) is 0 Å². The van der Waals surface area contributed by atoms with Gasteiger partial charge in [-0.1, -0.05) is 11.6 Å². The van der Waals surface area contributed by atoms with E-state index >= 15 is 0 Å². The molecule has 0 aliphatic heterocycles. The first kappa shape index (κ1) is 17.7. The largest absolute Gasteiger partial charge is 0.477 e. The van der Waals surface area contributed by atoms with E-state index in [9.17, 15) is 27.9 Å². The molecule has 0 fully saturated rings. The number of pyridine rings is 2. The van der Waals surface area contributed by atoms with Gasteiger partial charge in [0, 0.05) is 19.3 Å². The minimum atomic E-state index is -1.60. The lowest BCUT2D eigenvalue weighted by Gasteiger charge is -2.14. The third-order valence-corrected chi connectivity index (χ3v) is 3.95. The molecule has 0 spiro atoms. The molecule has 134 valence electrons. The van der Waals surface area contributed by atoms with Crippen LogP contribution in [0.5, 0.6) is 0 Å². The molecule has 6 nitrogen and oxygen atoms in total. The van der Waals surface area contributed by atoms with Crippen LogP contribution in [-0.2, 0) is 0 Å². The van der Waals surface area contributed by atoms with Crippen molar-refractivity contribution in [1.82, 2.24) is 9.55 Å². The summed E-state index contributed by atoms with van der Waals surface area (Å²) in [6, 6.07) is 2.35. The summed E-state index contributed by atoms with van der Waals surface area (Å²) in [5, 5.41) is 10.7. The fourth-order valence-corrected chi connectivity index (χ4v) is 2.59. The average Bonchev–Trinajstić information content (AvgIpc) is 2.57. The summed E-state index contributed by atoms with van der Waals surface area (Å²) in [6.45, 7) is 0. The average molecular weight is 384 g/mol. The van der Waals surface area contributed by atoms with Crippen molar-refractivity contribution in [2.75, 3.05) is 12.4 Å². The summed E-state index contributed by atoms with van der Waals surface area (Å²) >= 11 is 5.64. The number of carboxylic acid groups (broad SMARTS) is 1. The number of anilines is 1. The molecule has 2 heterocycles. The number of carbonyl (C=O) groups is 1. The molecule has 26 heavy (non-hydrogen) atoms. The SMILES string of the molecule is CNc1cc(-n2cc(C(=O)O)c(=O)c3cc(F)c(Cl)nc32)c(F)cc1F. The van der Waals surface area contributed by atoms with Crippen molar-refractivity contribution in [2.45, 2.75) is 0 Å².